The number of amides is 1. The lowest BCUT2D eigenvalue weighted by Gasteiger charge is -2.09. The molecule has 2 N–H and O–H groups in total. The van der Waals surface area contributed by atoms with E-state index >= 15 is 0 Å². The highest BCUT2D eigenvalue weighted by atomic mass is 16.5. The highest BCUT2D eigenvalue weighted by molar-refractivity contribution is 6.06. The van der Waals surface area contributed by atoms with Gasteiger partial charge < -0.3 is 15.4 Å². The van der Waals surface area contributed by atoms with Crippen molar-refractivity contribution in [3.05, 3.63) is 59.7 Å². The molecule has 0 fully saturated rings. The largest absolute Gasteiger partial charge is 0.496 e. The highest BCUT2D eigenvalue weighted by Gasteiger charge is 2.11. The van der Waals surface area contributed by atoms with Gasteiger partial charge in [-0.2, -0.15) is 0 Å². The Labute approximate surface area is 118 Å². The molecular formula is C16H18N2O2. The maximum absolute atomic E-state index is 12.2. The number of carbonyl (C=O) groups excluding carboxylic acids is 1. The summed E-state index contributed by atoms with van der Waals surface area (Å²) in [5.41, 5.74) is 2.46. The molecule has 0 radical (unpaired) electrons. The van der Waals surface area contributed by atoms with Gasteiger partial charge in [0.05, 0.1) is 12.7 Å². The summed E-state index contributed by atoms with van der Waals surface area (Å²) in [7, 11) is 3.45. The van der Waals surface area contributed by atoms with Gasteiger partial charge in [-0.05, 0) is 36.9 Å². The van der Waals surface area contributed by atoms with Crippen molar-refractivity contribution in [1.29, 1.82) is 0 Å². The first-order chi connectivity index (χ1) is 9.74. The van der Waals surface area contributed by atoms with E-state index in [2.05, 4.69) is 10.6 Å². The zero-order chi connectivity index (χ0) is 14.4. The second-order valence-corrected chi connectivity index (χ2v) is 4.38. The van der Waals surface area contributed by atoms with Crippen LogP contribution in [0.25, 0.3) is 0 Å². The van der Waals surface area contributed by atoms with Crippen molar-refractivity contribution in [3.63, 3.8) is 0 Å². The standard InChI is InChI=1S/C16H18N2O2/c1-17-11-12-7-9-13(10-8-12)18-16(19)14-5-3-4-6-15(14)20-2/h3-10,17H,11H2,1-2H3,(H,18,19). The Morgan fingerprint density at radius 2 is 1.80 bits per heavy atom. The summed E-state index contributed by atoms with van der Waals surface area (Å²) in [6, 6.07) is 14.9. The van der Waals surface area contributed by atoms with Crippen LogP contribution < -0.4 is 15.4 Å². The fourth-order valence-corrected chi connectivity index (χ4v) is 1.94. The predicted molar refractivity (Wildman–Crippen MR) is 80.2 cm³/mol. The van der Waals surface area contributed by atoms with E-state index in [1.165, 1.54) is 5.56 Å². The molecule has 2 aromatic carbocycles. The molecule has 2 aromatic rings. The summed E-state index contributed by atoms with van der Waals surface area (Å²) >= 11 is 0. The summed E-state index contributed by atoms with van der Waals surface area (Å²) in [5, 5.41) is 5.94. The minimum atomic E-state index is -0.177. The van der Waals surface area contributed by atoms with Crippen LogP contribution in [0.2, 0.25) is 0 Å². The Morgan fingerprint density at radius 1 is 1.10 bits per heavy atom. The molecule has 0 atom stereocenters. The number of methoxy groups -OCH3 is 1. The molecule has 0 aliphatic heterocycles. The van der Waals surface area contributed by atoms with Crippen molar-refractivity contribution in [3.8, 4) is 5.75 Å². The van der Waals surface area contributed by atoms with Crippen LogP contribution in [0.5, 0.6) is 5.75 Å². The molecular weight excluding hydrogens is 252 g/mol. The third kappa shape index (κ3) is 3.36. The number of para-hydroxylation sites is 1. The first kappa shape index (κ1) is 14.1. The first-order valence-electron chi connectivity index (χ1n) is 6.42. The molecule has 0 saturated heterocycles. The number of rotatable bonds is 5. The second-order valence-electron chi connectivity index (χ2n) is 4.38. The van der Waals surface area contributed by atoms with E-state index in [9.17, 15) is 4.79 Å². The van der Waals surface area contributed by atoms with Gasteiger partial charge in [-0.1, -0.05) is 24.3 Å². The van der Waals surface area contributed by atoms with Gasteiger partial charge in [0, 0.05) is 12.2 Å². The van der Waals surface area contributed by atoms with Gasteiger partial charge in [0.25, 0.3) is 5.91 Å². The van der Waals surface area contributed by atoms with E-state index in [-0.39, 0.29) is 5.91 Å². The fourth-order valence-electron chi connectivity index (χ4n) is 1.94. The van der Waals surface area contributed by atoms with Crippen LogP contribution in [0.3, 0.4) is 0 Å². The number of benzene rings is 2. The van der Waals surface area contributed by atoms with Crippen LogP contribution in [-0.2, 0) is 6.54 Å². The van der Waals surface area contributed by atoms with Crippen LogP contribution in [-0.4, -0.2) is 20.1 Å². The topological polar surface area (TPSA) is 50.4 Å². The number of carbonyl (C=O) groups is 1. The minimum absolute atomic E-state index is 0.177. The molecule has 0 unspecified atom stereocenters. The number of hydrogen-bond donors (Lipinski definition) is 2. The first-order valence-corrected chi connectivity index (χ1v) is 6.42. The third-order valence-corrected chi connectivity index (χ3v) is 2.94. The maximum atomic E-state index is 12.2. The van der Waals surface area contributed by atoms with Gasteiger partial charge in [-0.3, -0.25) is 4.79 Å². The Bertz CT molecular complexity index is 579. The van der Waals surface area contributed by atoms with E-state index in [0.29, 0.717) is 11.3 Å². The molecule has 0 aliphatic rings. The Balaban J connectivity index is 2.11. The monoisotopic (exact) mass is 270 g/mol. The Morgan fingerprint density at radius 3 is 2.45 bits per heavy atom. The van der Waals surface area contributed by atoms with Gasteiger partial charge in [0.2, 0.25) is 0 Å². The van der Waals surface area contributed by atoms with Crippen LogP contribution in [0, 0.1) is 0 Å². The quantitative estimate of drug-likeness (QED) is 0.878. The number of hydrogen-bond acceptors (Lipinski definition) is 3. The van der Waals surface area contributed by atoms with E-state index in [4.69, 9.17) is 4.74 Å². The average molecular weight is 270 g/mol. The highest BCUT2D eigenvalue weighted by Crippen LogP contribution is 2.19. The minimum Gasteiger partial charge on any atom is -0.496 e. The van der Waals surface area contributed by atoms with E-state index in [1.807, 2.05) is 43.4 Å². The number of nitrogens with one attached hydrogen (secondary N) is 2. The second kappa shape index (κ2) is 6.73. The lowest BCUT2D eigenvalue weighted by Crippen LogP contribution is -2.13. The van der Waals surface area contributed by atoms with Crippen molar-refractivity contribution in [2.75, 3.05) is 19.5 Å². The molecule has 0 bridgehead atoms. The zero-order valence-corrected chi connectivity index (χ0v) is 11.6. The van der Waals surface area contributed by atoms with Crippen molar-refractivity contribution < 1.29 is 9.53 Å². The summed E-state index contributed by atoms with van der Waals surface area (Å²) < 4.78 is 5.19. The Kier molecular flexibility index (Phi) is 4.74. The van der Waals surface area contributed by atoms with Crippen LogP contribution in [0.4, 0.5) is 5.69 Å². The van der Waals surface area contributed by atoms with Gasteiger partial charge >= 0.3 is 0 Å². The van der Waals surface area contributed by atoms with Gasteiger partial charge in [0.1, 0.15) is 5.75 Å². The molecule has 0 aromatic heterocycles. The predicted octanol–water partition coefficient (Wildman–Crippen LogP) is 2.67. The van der Waals surface area contributed by atoms with Crippen molar-refractivity contribution >= 4 is 11.6 Å². The van der Waals surface area contributed by atoms with Crippen molar-refractivity contribution in [2.24, 2.45) is 0 Å². The molecule has 1 amide bonds. The third-order valence-electron chi connectivity index (χ3n) is 2.94. The molecule has 0 aliphatic carbocycles. The summed E-state index contributed by atoms with van der Waals surface area (Å²) in [6.45, 7) is 0.806. The van der Waals surface area contributed by atoms with Gasteiger partial charge in [-0.25, -0.2) is 0 Å². The SMILES string of the molecule is CNCc1ccc(NC(=O)c2ccccc2OC)cc1. The fraction of sp³-hybridized carbons (Fsp3) is 0.188. The van der Waals surface area contributed by atoms with Gasteiger partial charge in [0.15, 0.2) is 0 Å². The van der Waals surface area contributed by atoms with Crippen LogP contribution >= 0.6 is 0 Å². The van der Waals surface area contributed by atoms with Crippen LogP contribution in [0.15, 0.2) is 48.5 Å². The van der Waals surface area contributed by atoms with E-state index in [0.717, 1.165) is 12.2 Å². The van der Waals surface area contributed by atoms with Crippen molar-refractivity contribution in [2.45, 2.75) is 6.54 Å². The lowest BCUT2D eigenvalue weighted by atomic mass is 10.1. The molecule has 0 spiro atoms. The van der Waals surface area contributed by atoms with Gasteiger partial charge in [-0.15, -0.1) is 0 Å². The van der Waals surface area contributed by atoms with E-state index in [1.54, 1.807) is 19.2 Å². The number of anilines is 1. The lowest BCUT2D eigenvalue weighted by molar-refractivity contribution is 0.102. The van der Waals surface area contributed by atoms with Crippen molar-refractivity contribution in [1.82, 2.24) is 5.32 Å². The average Bonchev–Trinajstić information content (AvgIpc) is 2.49. The van der Waals surface area contributed by atoms with E-state index < -0.39 is 0 Å². The number of ether oxygens (including phenoxy) is 1. The molecule has 2 rings (SSSR count). The normalized spacial score (nSPS) is 10.1. The maximum Gasteiger partial charge on any atom is 0.259 e. The summed E-state index contributed by atoms with van der Waals surface area (Å²) in [5.74, 6) is 0.389. The molecule has 4 heteroatoms. The Hall–Kier alpha value is -2.33. The zero-order valence-electron chi connectivity index (χ0n) is 11.6. The summed E-state index contributed by atoms with van der Waals surface area (Å²) in [6.07, 6.45) is 0. The molecule has 0 saturated carbocycles. The molecule has 4 nitrogen and oxygen atoms in total. The summed E-state index contributed by atoms with van der Waals surface area (Å²) in [4.78, 5) is 12.2. The van der Waals surface area contributed by atoms with Crippen LogP contribution in [0.1, 0.15) is 15.9 Å². The molecule has 104 valence electrons. The molecule has 0 heterocycles. The smallest absolute Gasteiger partial charge is 0.259 e. The molecule has 20 heavy (non-hydrogen) atoms.